The third kappa shape index (κ3) is 16.8. The molecule has 6 N–H and O–H groups in total. The van der Waals surface area contributed by atoms with Gasteiger partial charge in [0.25, 0.3) is 0 Å². The molecule has 4 aliphatic heterocycles. The van der Waals surface area contributed by atoms with Crippen molar-refractivity contribution in [1.29, 1.82) is 0 Å². The summed E-state index contributed by atoms with van der Waals surface area (Å²) in [5.74, 6) is 6.29. The number of H-pyrrole nitrogens is 2. The Morgan fingerprint density at radius 1 is 0.276 bits per heavy atom. The zero-order chi connectivity index (χ0) is 67.6. The number of aromatic nitrogens is 2. The average Bonchev–Trinajstić information content (AvgIpc) is 1.65. The van der Waals surface area contributed by atoms with Crippen molar-refractivity contribution in [3.63, 3.8) is 0 Å². The van der Waals surface area contributed by atoms with E-state index in [0.717, 1.165) is 159 Å². The highest BCUT2D eigenvalue weighted by Gasteiger charge is 2.23. The van der Waals surface area contributed by atoms with E-state index < -0.39 is 4.30 Å². The van der Waals surface area contributed by atoms with E-state index in [1.54, 1.807) is 28.4 Å². The van der Waals surface area contributed by atoms with Crippen molar-refractivity contribution >= 4 is 103 Å². The molecule has 17 heteroatoms. The van der Waals surface area contributed by atoms with Crippen LogP contribution in [-0.4, -0.2) is 66.0 Å². The minimum absolute atomic E-state index is 0.750. The maximum Gasteiger partial charge on any atom is 0.180 e. The van der Waals surface area contributed by atoms with Gasteiger partial charge in [-0.25, -0.2) is 20.0 Å². The molecule has 10 aromatic rings. The predicted octanol–water partition coefficient (Wildman–Crippen LogP) is 19.4. The van der Waals surface area contributed by atoms with Crippen molar-refractivity contribution in [2.45, 2.75) is 4.30 Å². The van der Waals surface area contributed by atoms with Crippen LogP contribution in [0.5, 0.6) is 23.0 Å². The van der Waals surface area contributed by atoms with Gasteiger partial charge in [0.2, 0.25) is 0 Å². The predicted molar refractivity (Wildman–Crippen MR) is 406 cm³/mol. The van der Waals surface area contributed by atoms with E-state index in [2.05, 4.69) is 104 Å². The highest BCUT2D eigenvalue weighted by molar-refractivity contribution is 6.63. The number of anilines is 4. The van der Waals surface area contributed by atoms with E-state index in [9.17, 15) is 0 Å². The van der Waals surface area contributed by atoms with Crippen LogP contribution in [0.25, 0.3) is 22.3 Å². The molecule has 0 unspecified atom stereocenters. The molecular weight excluding hydrogens is 1280 g/mol. The molecule has 98 heavy (non-hydrogen) atoms. The van der Waals surface area contributed by atoms with Crippen LogP contribution >= 0.6 is 34.8 Å². The van der Waals surface area contributed by atoms with Gasteiger partial charge in [-0.15, -0.1) is 0 Å². The van der Waals surface area contributed by atoms with E-state index in [-0.39, 0.29) is 0 Å². The summed E-state index contributed by atoms with van der Waals surface area (Å²) in [7, 11) is 6.65. The van der Waals surface area contributed by atoms with Gasteiger partial charge in [0.15, 0.2) is 4.30 Å². The van der Waals surface area contributed by atoms with Crippen molar-refractivity contribution in [2.75, 3.05) is 49.7 Å². The van der Waals surface area contributed by atoms with E-state index in [4.69, 9.17) is 73.7 Å². The molecule has 0 spiro atoms. The molecule has 0 atom stereocenters. The molecule has 0 aliphatic carbocycles. The second-order valence-corrected chi connectivity index (χ2v) is 24.0. The van der Waals surface area contributed by atoms with Crippen molar-refractivity contribution in [1.82, 2.24) is 9.97 Å². The molecule has 0 saturated heterocycles. The van der Waals surface area contributed by atoms with Crippen LogP contribution in [0.15, 0.2) is 334 Å². The van der Waals surface area contributed by atoms with Gasteiger partial charge in [0, 0.05) is 67.8 Å². The van der Waals surface area contributed by atoms with Crippen LogP contribution < -0.4 is 40.2 Å². The van der Waals surface area contributed by atoms with Gasteiger partial charge in [-0.2, -0.15) is 0 Å². The summed E-state index contributed by atoms with van der Waals surface area (Å²) in [6, 6.07) is 81.0. The average molecular weight is 1350 g/mol. The number of amidine groups is 4. The van der Waals surface area contributed by atoms with Crippen LogP contribution in [0.1, 0.15) is 45.0 Å². The Morgan fingerprint density at radius 2 is 0.469 bits per heavy atom. The quantitative estimate of drug-likeness (QED) is 0.0520. The molecule has 0 radical (unpaired) electrons. The molecule has 14 rings (SSSR count). The SMILES string of the molecule is COc1ccc(NC2=N/C(=C(/c3ccccc3)c3ccc(/C(=C4/C=CC(Nc5ccc(OC)cc5)=N4)c4ccccc4)[nH]3)C=C2)cc1.COc1ccc(NC2=N/C(=C(/c3ccccc3)c3ccc(/C(=C4/C=CC(Nc5ccc(OC)cc5)=N4)c4ccccc4)[nH]3)C=C2)cc1.ClC(Cl)Cl. The zero-order valence-electron chi connectivity index (χ0n) is 53.8. The number of hydrogen-bond acceptors (Lipinski definition) is 12. The molecule has 6 heterocycles. The number of allylic oxidation sites excluding steroid dienone is 4. The van der Waals surface area contributed by atoms with Gasteiger partial charge in [-0.1, -0.05) is 156 Å². The molecule has 14 nitrogen and oxygen atoms in total. The topological polar surface area (TPSA) is 166 Å². The van der Waals surface area contributed by atoms with Gasteiger partial charge in [-0.05, 0) is 192 Å². The number of halogens is 3. The Labute approximate surface area is 584 Å². The molecule has 2 aromatic heterocycles. The number of hydrogen-bond donors (Lipinski definition) is 6. The van der Waals surface area contributed by atoms with Gasteiger partial charge >= 0.3 is 0 Å². The fourth-order valence-corrected chi connectivity index (χ4v) is 11.1. The molecule has 8 aromatic carbocycles. The molecule has 0 bridgehead atoms. The fourth-order valence-electron chi connectivity index (χ4n) is 11.1. The highest BCUT2D eigenvalue weighted by atomic mass is 35.6. The normalized spacial score (nSPS) is 15.3. The van der Waals surface area contributed by atoms with Crippen LogP contribution in [-0.2, 0) is 0 Å². The summed E-state index contributed by atoms with van der Waals surface area (Å²) in [6.07, 6.45) is 16.2. The minimum atomic E-state index is -0.750. The zero-order valence-corrected chi connectivity index (χ0v) is 56.1. The standard InChI is InChI=1S/2C40H33N5O2.CHCl3/c2*1-46-31-17-13-29(14-18-31)41-37-25-23-35(44-37)39(27-9-5-3-6-10-27)33-21-22-34(43-33)40(28-11-7-4-8-12-28)36-24-26-38(45-36)42-30-15-19-32(47-2)20-16-30;2-1(3)4/h2*3-26,43H,1-2H3,(H,41,44)(H,42,45);1H/b2*39-35-,40-36-;. The number of aliphatic imine (C=N–C) groups is 4. The lowest BCUT2D eigenvalue weighted by Gasteiger charge is -2.11. The number of benzene rings is 8. The van der Waals surface area contributed by atoms with E-state index in [0.29, 0.717) is 0 Å². The maximum absolute atomic E-state index is 5.30. The Bertz CT molecular complexity index is 4210. The number of rotatable bonds is 16. The first kappa shape index (κ1) is 66.2. The molecule has 0 fully saturated rings. The van der Waals surface area contributed by atoms with E-state index >= 15 is 0 Å². The lowest BCUT2D eigenvalue weighted by Crippen LogP contribution is -2.06. The Morgan fingerprint density at radius 3 is 0.653 bits per heavy atom. The first-order chi connectivity index (χ1) is 48.1. The number of aromatic amines is 2. The Balaban J connectivity index is 0.000000177. The third-order valence-electron chi connectivity index (χ3n) is 15.7. The summed E-state index contributed by atoms with van der Waals surface area (Å²) in [5.41, 5.74) is 19.3. The number of alkyl halides is 3. The summed E-state index contributed by atoms with van der Waals surface area (Å²) in [4.78, 5) is 27.4. The molecule has 0 saturated carbocycles. The number of methoxy groups -OCH3 is 4. The third-order valence-corrected chi connectivity index (χ3v) is 15.7. The van der Waals surface area contributed by atoms with E-state index in [1.807, 2.05) is 218 Å². The van der Waals surface area contributed by atoms with E-state index in [1.165, 1.54) is 0 Å². The fraction of sp³-hybridized carbons (Fsp3) is 0.0617. The van der Waals surface area contributed by atoms with Gasteiger partial charge < -0.3 is 50.2 Å². The van der Waals surface area contributed by atoms with Crippen molar-refractivity contribution < 1.29 is 18.9 Å². The summed E-state index contributed by atoms with van der Waals surface area (Å²) in [6.45, 7) is 0. The first-order valence-corrected chi connectivity index (χ1v) is 32.6. The second-order valence-electron chi connectivity index (χ2n) is 22.1. The minimum Gasteiger partial charge on any atom is -0.497 e. The first-order valence-electron chi connectivity index (χ1n) is 31.3. The van der Waals surface area contributed by atoms with Crippen LogP contribution in [0.2, 0.25) is 0 Å². The Hall–Kier alpha value is -11.8. The van der Waals surface area contributed by atoms with Gasteiger partial charge in [-0.3, -0.25) is 0 Å². The van der Waals surface area contributed by atoms with Crippen LogP contribution in [0.4, 0.5) is 22.7 Å². The van der Waals surface area contributed by atoms with Gasteiger partial charge in [0.1, 0.15) is 46.3 Å². The lowest BCUT2D eigenvalue weighted by molar-refractivity contribution is 0.415. The molecule has 4 aliphatic rings. The van der Waals surface area contributed by atoms with Crippen molar-refractivity contribution in [3.8, 4) is 23.0 Å². The van der Waals surface area contributed by atoms with Crippen molar-refractivity contribution in [3.05, 3.63) is 359 Å². The van der Waals surface area contributed by atoms with Crippen molar-refractivity contribution in [2.24, 2.45) is 20.0 Å². The monoisotopic (exact) mass is 1350 g/mol. The smallest absolute Gasteiger partial charge is 0.180 e. The van der Waals surface area contributed by atoms with Crippen LogP contribution in [0, 0.1) is 0 Å². The molecule has 0 amide bonds. The second kappa shape index (κ2) is 32.1. The molecule has 486 valence electrons. The highest BCUT2D eigenvalue weighted by Crippen LogP contribution is 2.38. The maximum atomic E-state index is 5.30. The molecular formula is C81H67Cl3N10O4. The number of ether oxygens (including phenoxy) is 4. The number of nitrogens with one attached hydrogen (secondary N) is 6. The Kier molecular flexibility index (Phi) is 21.7. The van der Waals surface area contributed by atoms with Crippen LogP contribution in [0.3, 0.4) is 0 Å². The largest absolute Gasteiger partial charge is 0.497 e. The van der Waals surface area contributed by atoms with Gasteiger partial charge in [0.05, 0.1) is 51.2 Å². The number of nitrogens with zero attached hydrogens (tertiary/aromatic N) is 4. The summed E-state index contributed by atoms with van der Waals surface area (Å²) in [5, 5.41) is 13.6. The summed E-state index contributed by atoms with van der Waals surface area (Å²) < 4.78 is 20.4. The lowest BCUT2D eigenvalue weighted by atomic mass is 10.0. The summed E-state index contributed by atoms with van der Waals surface area (Å²) >= 11 is 14.4.